The van der Waals surface area contributed by atoms with E-state index in [4.69, 9.17) is 4.74 Å². The van der Waals surface area contributed by atoms with E-state index in [1.54, 1.807) is 7.11 Å². The molecule has 0 bridgehead atoms. The molecule has 0 amide bonds. The quantitative estimate of drug-likeness (QED) is 0.251. The molecule has 1 heteroatoms. The number of hydrogen-bond acceptors (Lipinski definition) is 1. The van der Waals surface area contributed by atoms with E-state index in [9.17, 15) is 0 Å². The third-order valence-electron chi connectivity index (χ3n) is 6.59. The molecular weight excluding hydrogens is 412 g/mol. The van der Waals surface area contributed by atoms with Gasteiger partial charge in [0.25, 0.3) is 0 Å². The number of rotatable bonds is 4. The van der Waals surface area contributed by atoms with Gasteiger partial charge >= 0.3 is 0 Å². The van der Waals surface area contributed by atoms with Crippen LogP contribution in [0.25, 0.3) is 54.9 Å². The molecule has 0 heterocycles. The van der Waals surface area contributed by atoms with Gasteiger partial charge in [-0.25, -0.2) is 0 Å². The molecule has 6 aromatic rings. The fourth-order valence-corrected chi connectivity index (χ4v) is 4.95. The summed E-state index contributed by atoms with van der Waals surface area (Å²) in [4.78, 5) is 0. The van der Waals surface area contributed by atoms with Gasteiger partial charge < -0.3 is 4.74 Å². The van der Waals surface area contributed by atoms with Crippen molar-refractivity contribution in [2.75, 3.05) is 7.11 Å². The van der Waals surface area contributed by atoms with Crippen LogP contribution in [0.15, 0.2) is 127 Å². The molecule has 0 spiro atoms. The molecule has 0 fully saturated rings. The fraction of sp³-hybridized carbons (Fsp3) is 0.0303. The number of methoxy groups -OCH3 is 1. The highest BCUT2D eigenvalue weighted by molar-refractivity contribution is 6.18. The summed E-state index contributed by atoms with van der Waals surface area (Å²) in [6.45, 7) is 0. The van der Waals surface area contributed by atoms with Crippen molar-refractivity contribution in [3.05, 3.63) is 127 Å². The highest BCUT2D eigenvalue weighted by Gasteiger charge is 2.15. The molecule has 162 valence electrons. The molecule has 6 aromatic carbocycles. The lowest BCUT2D eigenvalue weighted by Crippen LogP contribution is -1.91. The van der Waals surface area contributed by atoms with Gasteiger partial charge in [-0.2, -0.15) is 0 Å². The van der Waals surface area contributed by atoms with Crippen molar-refractivity contribution in [2.24, 2.45) is 0 Å². The maximum Gasteiger partial charge on any atom is 0.126 e. The van der Waals surface area contributed by atoms with Crippen molar-refractivity contribution in [1.29, 1.82) is 0 Å². The smallest absolute Gasteiger partial charge is 0.126 e. The molecule has 0 radical (unpaired) electrons. The Morgan fingerprint density at radius 1 is 0.441 bits per heavy atom. The van der Waals surface area contributed by atoms with Crippen LogP contribution in [0.1, 0.15) is 0 Å². The summed E-state index contributed by atoms with van der Waals surface area (Å²) >= 11 is 0. The van der Waals surface area contributed by atoms with Gasteiger partial charge in [0.2, 0.25) is 0 Å². The van der Waals surface area contributed by atoms with Crippen molar-refractivity contribution in [3.63, 3.8) is 0 Å². The SMILES string of the molecule is COc1ccccc1-c1ccc(-c2ccccc2)c2c1ccc1cc(-c3ccccc3)ccc12. The largest absolute Gasteiger partial charge is 0.496 e. The van der Waals surface area contributed by atoms with Gasteiger partial charge in [-0.15, -0.1) is 0 Å². The molecule has 0 N–H and O–H groups in total. The number of para-hydroxylation sites is 1. The molecule has 0 unspecified atom stereocenters. The van der Waals surface area contributed by atoms with E-state index in [1.807, 2.05) is 12.1 Å². The average molecular weight is 437 g/mol. The van der Waals surface area contributed by atoms with Gasteiger partial charge in [-0.05, 0) is 61.5 Å². The topological polar surface area (TPSA) is 9.23 Å². The highest BCUT2D eigenvalue weighted by atomic mass is 16.5. The molecule has 0 aliphatic carbocycles. The Morgan fingerprint density at radius 3 is 1.85 bits per heavy atom. The number of hydrogen-bond donors (Lipinski definition) is 0. The van der Waals surface area contributed by atoms with E-state index in [0.717, 1.165) is 11.3 Å². The molecule has 0 saturated heterocycles. The van der Waals surface area contributed by atoms with Crippen molar-refractivity contribution in [2.45, 2.75) is 0 Å². The molecular formula is C33H24O. The number of fused-ring (bicyclic) bond motifs is 3. The Bertz CT molecular complexity index is 1620. The first-order valence-corrected chi connectivity index (χ1v) is 11.6. The molecule has 6 rings (SSSR count). The Labute approximate surface area is 199 Å². The van der Waals surface area contributed by atoms with E-state index in [0.29, 0.717) is 0 Å². The maximum atomic E-state index is 5.72. The van der Waals surface area contributed by atoms with Crippen molar-refractivity contribution < 1.29 is 4.74 Å². The van der Waals surface area contributed by atoms with Crippen molar-refractivity contribution in [1.82, 2.24) is 0 Å². The van der Waals surface area contributed by atoms with Crippen LogP contribution in [0.3, 0.4) is 0 Å². The first-order valence-electron chi connectivity index (χ1n) is 11.6. The summed E-state index contributed by atoms with van der Waals surface area (Å²) in [5, 5.41) is 4.99. The highest BCUT2D eigenvalue weighted by Crippen LogP contribution is 2.42. The second-order valence-corrected chi connectivity index (χ2v) is 8.52. The standard InChI is InChI=1S/C33H24O/c1-34-32-15-9-8-14-30(32)29-21-20-27(24-12-6-3-7-13-24)33-28-18-16-25(23-10-4-2-5-11-23)22-26(28)17-19-31(29)33/h2-22H,1H3. The van der Waals surface area contributed by atoms with E-state index in [1.165, 1.54) is 49.4 Å². The van der Waals surface area contributed by atoms with Crippen LogP contribution in [0.4, 0.5) is 0 Å². The van der Waals surface area contributed by atoms with Crippen LogP contribution in [-0.4, -0.2) is 7.11 Å². The third-order valence-corrected chi connectivity index (χ3v) is 6.59. The lowest BCUT2D eigenvalue weighted by Gasteiger charge is -2.17. The van der Waals surface area contributed by atoms with Crippen LogP contribution in [0, 0.1) is 0 Å². The minimum atomic E-state index is 0.885. The molecule has 0 aliphatic heterocycles. The van der Waals surface area contributed by atoms with Gasteiger partial charge in [-0.3, -0.25) is 0 Å². The van der Waals surface area contributed by atoms with Gasteiger partial charge in [0, 0.05) is 5.56 Å². The zero-order valence-electron chi connectivity index (χ0n) is 19.0. The summed E-state index contributed by atoms with van der Waals surface area (Å²) in [5.41, 5.74) is 7.22. The van der Waals surface area contributed by atoms with Crippen LogP contribution in [-0.2, 0) is 0 Å². The second-order valence-electron chi connectivity index (χ2n) is 8.52. The summed E-state index contributed by atoms with van der Waals surface area (Å²) in [5.74, 6) is 0.885. The molecule has 0 aromatic heterocycles. The molecule has 0 saturated carbocycles. The van der Waals surface area contributed by atoms with Gasteiger partial charge in [0.1, 0.15) is 5.75 Å². The van der Waals surface area contributed by atoms with E-state index in [-0.39, 0.29) is 0 Å². The normalized spacial score (nSPS) is 11.1. The average Bonchev–Trinajstić information content (AvgIpc) is 2.93. The third kappa shape index (κ3) is 3.43. The Morgan fingerprint density at radius 2 is 1.09 bits per heavy atom. The summed E-state index contributed by atoms with van der Waals surface area (Å²) in [6, 6.07) is 45.3. The molecule has 1 nitrogen and oxygen atoms in total. The minimum absolute atomic E-state index is 0.885. The van der Waals surface area contributed by atoms with E-state index < -0.39 is 0 Å². The van der Waals surface area contributed by atoms with Crippen LogP contribution < -0.4 is 4.74 Å². The zero-order chi connectivity index (χ0) is 22.9. The number of benzene rings is 6. The van der Waals surface area contributed by atoms with Gasteiger partial charge in [0.15, 0.2) is 0 Å². The molecule has 34 heavy (non-hydrogen) atoms. The van der Waals surface area contributed by atoms with Crippen molar-refractivity contribution >= 4 is 21.5 Å². The van der Waals surface area contributed by atoms with E-state index >= 15 is 0 Å². The van der Waals surface area contributed by atoms with Crippen LogP contribution in [0.2, 0.25) is 0 Å². The maximum absolute atomic E-state index is 5.72. The summed E-state index contributed by atoms with van der Waals surface area (Å²) in [6.07, 6.45) is 0. The lowest BCUT2D eigenvalue weighted by molar-refractivity contribution is 0.416. The van der Waals surface area contributed by atoms with E-state index in [2.05, 4.69) is 115 Å². The fourth-order valence-electron chi connectivity index (χ4n) is 4.95. The predicted molar refractivity (Wildman–Crippen MR) is 144 cm³/mol. The van der Waals surface area contributed by atoms with Crippen LogP contribution in [0.5, 0.6) is 5.75 Å². The zero-order valence-corrected chi connectivity index (χ0v) is 19.0. The Balaban J connectivity index is 1.68. The second kappa shape index (κ2) is 8.53. The Kier molecular flexibility index (Phi) is 5.08. The number of ether oxygens (including phenoxy) is 1. The Hall–Kier alpha value is -4.36. The monoisotopic (exact) mass is 436 g/mol. The summed E-state index contributed by atoms with van der Waals surface area (Å²) < 4.78 is 5.72. The predicted octanol–water partition coefficient (Wildman–Crippen LogP) is 9.00. The van der Waals surface area contributed by atoms with Gasteiger partial charge in [0.05, 0.1) is 7.11 Å². The van der Waals surface area contributed by atoms with Gasteiger partial charge in [-0.1, -0.05) is 115 Å². The first kappa shape index (κ1) is 20.3. The first-order chi connectivity index (χ1) is 16.8. The molecule has 0 aliphatic rings. The van der Waals surface area contributed by atoms with Crippen LogP contribution >= 0.6 is 0 Å². The van der Waals surface area contributed by atoms with Crippen molar-refractivity contribution in [3.8, 4) is 39.1 Å². The molecule has 0 atom stereocenters. The summed E-state index contributed by atoms with van der Waals surface area (Å²) in [7, 11) is 1.74. The minimum Gasteiger partial charge on any atom is -0.496 e. The lowest BCUT2D eigenvalue weighted by atomic mass is 9.88.